The highest BCUT2D eigenvalue weighted by Gasteiger charge is 1.85. The number of halogens is 2. The Bertz CT molecular complexity index is 276. The van der Waals surface area contributed by atoms with Crippen molar-refractivity contribution in [3.8, 4) is 0 Å². The summed E-state index contributed by atoms with van der Waals surface area (Å²) in [5, 5.41) is -0.302. The van der Waals surface area contributed by atoms with E-state index in [9.17, 15) is 0 Å². The third-order valence-electron chi connectivity index (χ3n) is 0.528. The van der Waals surface area contributed by atoms with Crippen LogP contribution in [-0.4, -0.2) is 4.98 Å². The van der Waals surface area contributed by atoms with Crippen LogP contribution in [0.1, 0.15) is 4.11 Å². The minimum Gasteiger partial charge on any atom is -0.243 e. The average molecular weight is 151 g/mol. The predicted molar refractivity (Wildman–Crippen MR) is 34.3 cm³/mol. The van der Waals surface area contributed by atoms with Gasteiger partial charge in [0.25, 0.3) is 0 Å². The van der Waals surface area contributed by atoms with Crippen molar-refractivity contribution in [2.24, 2.45) is 0 Å². The van der Waals surface area contributed by atoms with Crippen LogP contribution in [0, 0.1) is 0 Å². The smallest absolute Gasteiger partial charge is 0.129 e. The van der Waals surface area contributed by atoms with Crippen LogP contribution in [0.25, 0.3) is 0 Å². The van der Waals surface area contributed by atoms with Gasteiger partial charge in [0.05, 0.1) is 9.13 Å². The number of nitrogens with zero attached hydrogens (tertiary/aromatic N) is 1. The Balaban J connectivity index is 3.46. The van der Waals surface area contributed by atoms with E-state index in [4.69, 9.17) is 27.3 Å². The maximum Gasteiger partial charge on any atom is 0.129 e. The fourth-order valence-corrected chi connectivity index (χ4v) is 0.440. The van der Waals surface area contributed by atoms with E-state index in [-0.39, 0.29) is 28.4 Å². The maximum absolute atomic E-state index is 7.16. The van der Waals surface area contributed by atoms with Gasteiger partial charge in [0.15, 0.2) is 0 Å². The minimum atomic E-state index is -0.266. The maximum atomic E-state index is 7.16. The zero-order valence-electron chi connectivity index (χ0n) is 6.70. The van der Waals surface area contributed by atoms with Crippen LogP contribution in [0.5, 0.6) is 0 Å². The topological polar surface area (TPSA) is 12.9 Å². The summed E-state index contributed by atoms with van der Waals surface area (Å²) in [6, 6.07) is -0.496. The minimum absolute atomic E-state index is 0.139. The number of hydrogen-bond acceptors (Lipinski definition) is 1. The van der Waals surface area contributed by atoms with Gasteiger partial charge in [0.1, 0.15) is 5.15 Å². The molecule has 0 saturated heterocycles. The van der Waals surface area contributed by atoms with Crippen molar-refractivity contribution >= 4 is 23.2 Å². The molecule has 0 aliphatic carbocycles. The van der Waals surface area contributed by atoms with Gasteiger partial charge in [-0.2, -0.15) is 0 Å². The zero-order chi connectivity index (χ0) is 8.59. The quantitative estimate of drug-likeness (QED) is 0.518. The lowest BCUT2D eigenvalue weighted by Crippen LogP contribution is -1.69. The van der Waals surface area contributed by atoms with E-state index in [1.807, 2.05) is 0 Å². The molecule has 0 spiro atoms. The van der Waals surface area contributed by atoms with Crippen LogP contribution in [-0.2, 0) is 0 Å². The van der Waals surface area contributed by atoms with Crippen LogP contribution in [0.3, 0.4) is 0 Å². The molecule has 0 bridgehead atoms. The Kier molecular flexibility index (Phi) is 0.887. The van der Waals surface area contributed by atoms with Gasteiger partial charge < -0.3 is 0 Å². The fraction of sp³-hybridized carbons (Fsp3) is 0. The monoisotopic (exact) mass is 150 g/mol. The summed E-state index contributed by atoms with van der Waals surface area (Å²) in [4.78, 5) is 3.43. The first-order chi connectivity index (χ1) is 5.04. The molecule has 1 heterocycles. The van der Waals surface area contributed by atoms with Gasteiger partial charge in [-0.05, 0) is 12.1 Å². The van der Waals surface area contributed by atoms with Gasteiger partial charge in [0.2, 0.25) is 0 Å². The van der Waals surface area contributed by atoms with Crippen LogP contribution >= 0.6 is 23.2 Å². The van der Waals surface area contributed by atoms with Crippen LogP contribution in [0.4, 0.5) is 0 Å². The molecule has 0 fully saturated rings. The summed E-state index contributed by atoms with van der Waals surface area (Å²) in [5.41, 5.74) is 0. The van der Waals surface area contributed by atoms with Gasteiger partial charge in [0, 0.05) is 6.17 Å². The second-order valence-corrected chi connectivity index (χ2v) is 1.81. The number of rotatable bonds is 0. The molecule has 42 valence electrons. The fourth-order valence-electron chi connectivity index (χ4n) is 0.261. The molecule has 1 aromatic rings. The van der Waals surface area contributed by atoms with Crippen molar-refractivity contribution in [3.05, 3.63) is 28.4 Å². The summed E-state index contributed by atoms with van der Waals surface area (Å²) in [5.74, 6) is 0. The molecule has 0 unspecified atom stereocenters. The first-order valence-electron chi connectivity index (χ1n) is 3.33. The van der Waals surface area contributed by atoms with E-state index < -0.39 is 0 Å². The second kappa shape index (κ2) is 2.33. The molecule has 0 radical (unpaired) electrons. The summed E-state index contributed by atoms with van der Waals surface area (Å²) < 4.78 is 21.4. The van der Waals surface area contributed by atoms with Gasteiger partial charge in [-0.3, -0.25) is 0 Å². The number of pyridine rings is 1. The van der Waals surface area contributed by atoms with Crippen molar-refractivity contribution < 1.29 is 4.11 Å². The first kappa shape index (κ1) is 3.04. The number of aromatic nitrogens is 1. The Labute approximate surface area is 61.5 Å². The largest absolute Gasteiger partial charge is 0.243 e. The summed E-state index contributed by atoms with van der Waals surface area (Å²) >= 11 is 10.8. The predicted octanol–water partition coefficient (Wildman–Crippen LogP) is 2.39. The Morgan fingerprint density at radius 3 is 3.00 bits per heavy atom. The van der Waals surface area contributed by atoms with Crippen molar-refractivity contribution in [1.29, 1.82) is 0 Å². The highest BCUT2D eigenvalue weighted by atomic mass is 35.5. The molecule has 0 aliphatic rings. The highest BCUT2D eigenvalue weighted by molar-refractivity contribution is 6.31. The lowest BCUT2D eigenvalue weighted by molar-refractivity contribution is 1.33. The summed E-state index contributed by atoms with van der Waals surface area (Å²) in [6.07, 6.45) is -0.266. The highest BCUT2D eigenvalue weighted by Crippen LogP contribution is 2.08. The van der Waals surface area contributed by atoms with E-state index in [1.165, 1.54) is 0 Å². The molecule has 1 aromatic heterocycles. The Morgan fingerprint density at radius 2 is 2.25 bits per heavy atom. The molecule has 0 aromatic carbocycles. The number of hydrogen-bond donors (Lipinski definition) is 0. The van der Waals surface area contributed by atoms with Gasteiger partial charge in [-0.25, -0.2) is 4.98 Å². The molecule has 8 heavy (non-hydrogen) atoms. The van der Waals surface area contributed by atoms with E-state index in [0.717, 1.165) is 0 Å². The Morgan fingerprint density at radius 1 is 1.50 bits per heavy atom. The molecule has 0 N–H and O–H groups in total. The van der Waals surface area contributed by atoms with Crippen LogP contribution < -0.4 is 0 Å². The average Bonchev–Trinajstić information content (AvgIpc) is 1.97. The Hall–Kier alpha value is -0.270. The van der Waals surface area contributed by atoms with E-state index in [0.29, 0.717) is 0 Å². The van der Waals surface area contributed by atoms with E-state index in [1.54, 1.807) is 0 Å². The third kappa shape index (κ3) is 1.35. The van der Waals surface area contributed by atoms with Gasteiger partial charge >= 0.3 is 0 Å². The molecule has 1 nitrogen and oxygen atoms in total. The second-order valence-electron chi connectivity index (χ2n) is 1.08. The van der Waals surface area contributed by atoms with Gasteiger partial charge in [-0.1, -0.05) is 23.2 Å². The molecule has 1 rings (SSSR count). The van der Waals surface area contributed by atoms with Crippen molar-refractivity contribution in [1.82, 2.24) is 4.98 Å². The first-order valence-corrected chi connectivity index (χ1v) is 2.58. The standard InChI is InChI=1S/C5H3Cl2N/c6-4-1-2-5(7)8-3-4/h1-3H/i1D,2D,3D. The summed E-state index contributed by atoms with van der Waals surface area (Å²) in [6.45, 7) is 0. The van der Waals surface area contributed by atoms with Crippen molar-refractivity contribution in [3.63, 3.8) is 0 Å². The lowest BCUT2D eigenvalue weighted by atomic mass is 10.5. The third-order valence-corrected chi connectivity index (χ3v) is 0.886. The summed E-state index contributed by atoms with van der Waals surface area (Å²) in [7, 11) is 0. The van der Waals surface area contributed by atoms with Gasteiger partial charge in [-0.15, -0.1) is 0 Å². The van der Waals surface area contributed by atoms with Crippen LogP contribution in [0.15, 0.2) is 18.3 Å². The van der Waals surface area contributed by atoms with Crippen LogP contribution in [0.2, 0.25) is 10.2 Å². The van der Waals surface area contributed by atoms with E-state index in [2.05, 4.69) is 4.98 Å². The molecular weight excluding hydrogens is 145 g/mol. The normalized spacial score (nSPS) is 14.5. The molecule has 0 amide bonds. The molecule has 3 heteroatoms. The lowest BCUT2D eigenvalue weighted by Gasteiger charge is -1.85. The zero-order valence-corrected chi connectivity index (χ0v) is 5.22. The molecule has 0 atom stereocenters. The SMILES string of the molecule is [2H]c1nc(Cl)c([2H])c([2H])c1Cl. The van der Waals surface area contributed by atoms with E-state index >= 15 is 0 Å². The molecular formula is C5H3Cl2N. The molecule has 0 aliphatic heterocycles. The van der Waals surface area contributed by atoms with Crippen molar-refractivity contribution in [2.45, 2.75) is 0 Å². The van der Waals surface area contributed by atoms with Crippen molar-refractivity contribution in [2.75, 3.05) is 0 Å². The molecule has 0 saturated carbocycles.